The van der Waals surface area contributed by atoms with Crippen molar-refractivity contribution in [3.63, 3.8) is 0 Å². The van der Waals surface area contributed by atoms with E-state index in [1.54, 1.807) is 13.4 Å². The van der Waals surface area contributed by atoms with Gasteiger partial charge < -0.3 is 14.2 Å². The maximum Gasteiger partial charge on any atom is 0.225 e. The van der Waals surface area contributed by atoms with Gasteiger partial charge >= 0.3 is 0 Å². The number of ether oxygens (including phenoxy) is 3. The minimum absolute atomic E-state index is 0.473. The number of aryl methyl sites for hydroxylation is 2. The van der Waals surface area contributed by atoms with E-state index < -0.39 is 0 Å². The third-order valence-electron chi connectivity index (χ3n) is 4.55. The lowest BCUT2D eigenvalue weighted by Crippen LogP contribution is -2.11. The normalized spacial score (nSPS) is 11.9. The van der Waals surface area contributed by atoms with Gasteiger partial charge in [-0.15, -0.1) is 0 Å². The molecule has 4 heteroatoms. The molecule has 0 aliphatic rings. The predicted octanol–water partition coefficient (Wildman–Crippen LogP) is 6.66. The molecule has 4 nitrogen and oxygen atoms in total. The Morgan fingerprint density at radius 1 is 0.900 bits per heavy atom. The topological polar surface area (TPSA) is 40.0 Å². The highest BCUT2D eigenvalue weighted by atomic mass is 16.5. The molecule has 0 radical (unpaired) electrons. The summed E-state index contributed by atoms with van der Waals surface area (Å²) in [5.74, 6) is 2.75. The highest BCUT2D eigenvalue weighted by molar-refractivity contribution is 5.96. The van der Waals surface area contributed by atoms with Crippen LogP contribution in [0.5, 0.6) is 17.2 Å². The number of methoxy groups -OCH3 is 1. The van der Waals surface area contributed by atoms with Crippen molar-refractivity contribution in [2.45, 2.75) is 27.2 Å². The predicted molar refractivity (Wildman–Crippen MR) is 122 cm³/mol. The van der Waals surface area contributed by atoms with E-state index in [9.17, 15) is 0 Å². The van der Waals surface area contributed by atoms with Crippen LogP contribution < -0.4 is 14.2 Å². The highest BCUT2D eigenvalue weighted by Crippen LogP contribution is 2.22. The third kappa shape index (κ3) is 5.98. The van der Waals surface area contributed by atoms with Crippen LogP contribution in [0.25, 0.3) is 0 Å². The number of benzene rings is 3. The van der Waals surface area contributed by atoms with E-state index in [-0.39, 0.29) is 0 Å². The van der Waals surface area contributed by atoms with Gasteiger partial charge in [0.05, 0.1) is 19.1 Å². The van der Waals surface area contributed by atoms with Gasteiger partial charge in [0.2, 0.25) is 5.90 Å². The first-order valence-electron chi connectivity index (χ1n) is 9.97. The molecule has 154 valence electrons. The fourth-order valence-corrected chi connectivity index (χ4v) is 2.73. The molecule has 0 aliphatic carbocycles. The summed E-state index contributed by atoms with van der Waals surface area (Å²) in [6, 6.07) is 23.4. The Morgan fingerprint density at radius 3 is 2.27 bits per heavy atom. The largest absolute Gasteiger partial charge is 0.497 e. The van der Waals surface area contributed by atoms with E-state index >= 15 is 0 Å². The lowest BCUT2D eigenvalue weighted by atomic mass is 10.2. The van der Waals surface area contributed by atoms with Gasteiger partial charge in [0.15, 0.2) is 0 Å². The fourth-order valence-electron chi connectivity index (χ4n) is 2.73. The molecule has 0 fully saturated rings. The number of hydrogen-bond donors (Lipinski definition) is 0. The van der Waals surface area contributed by atoms with Crippen LogP contribution in [0.15, 0.2) is 89.6 Å². The van der Waals surface area contributed by atoms with Crippen molar-refractivity contribution in [1.82, 2.24) is 0 Å². The molecule has 30 heavy (non-hydrogen) atoms. The molecule has 0 saturated heterocycles. The molecular formula is C26H27NO3. The van der Waals surface area contributed by atoms with Crippen LogP contribution in [0.1, 0.15) is 25.0 Å². The van der Waals surface area contributed by atoms with Gasteiger partial charge in [-0.05, 0) is 74.4 Å². The van der Waals surface area contributed by atoms with E-state index in [2.05, 4.69) is 13.0 Å². The molecule has 0 amide bonds. The molecule has 0 bridgehead atoms. The Morgan fingerprint density at radius 2 is 1.60 bits per heavy atom. The van der Waals surface area contributed by atoms with Crippen molar-refractivity contribution >= 4 is 11.6 Å². The summed E-state index contributed by atoms with van der Waals surface area (Å²) in [6.45, 7) is 6.08. The molecular weight excluding hydrogens is 374 g/mol. The van der Waals surface area contributed by atoms with Crippen molar-refractivity contribution in [3.05, 3.63) is 95.8 Å². The first-order chi connectivity index (χ1) is 14.6. The Kier molecular flexibility index (Phi) is 7.28. The Hall–Kier alpha value is -3.53. The molecule has 0 saturated carbocycles. The summed E-state index contributed by atoms with van der Waals surface area (Å²) in [6.07, 6.45) is 2.60. The summed E-state index contributed by atoms with van der Waals surface area (Å²) in [4.78, 5) is 4.70. The van der Waals surface area contributed by atoms with Gasteiger partial charge in [0.25, 0.3) is 0 Å². The van der Waals surface area contributed by atoms with E-state index in [0.717, 1.165) is 34.9 Å². The van der Waals surface area contributed by atoms with E-state index in [1.807, 2.05) is 80.6 Å². The molecule has 0 heterocycles. The number of hydrogen-bond acceptors (Lipinski definition) is 4. The standard InChI is InChI=1S/C26H27NO3/c1-5-21-7-6-8-25(17-21)30-26(27-22-11-15-23(28-4)16-12-22)20(3)18-29-24-13-9-19(2)10-14-24/h6-18H,5H2,1-4H3/b20-18+,27-26?. The second kappa shape index (κ2) is 10.3. The Bertz CT molecular complexity index is 1020. The molecule has 3 aromatic rings. The molecule has 0 aromatic heterocycles. The maximum atomic E-state index is 6.16. The van der Waals surface area contributed by atoms with E-state index in [4.69, 9.17) is 19.2 Å². The first kappa shape index (κ1) is 21.2. The number of rotatable bonds is 7. The van der Waals surface area contributed by atoms with Crippen LogP contribution in [-0.2, 0) is 6.42 Å². The van der Waals surface area contributed by atoms with E-state index in [1.165, 1.54) is 11.1 Å². The van der Waals surface area contributed by atoms with Crippen LogP contribution in [0.3, 0.4) is 0 Å². The van der Waals surface area contributed by atoms with Gasteiger partial charge in [-0.3, -0.25) is 0 Å². The minimum Gasteiger partial charge on any atom is -0.497 e. The van der Waals surface area contributed by atoms with Crippen molar-refractivity contribution in [3.8, 4) is 17.2 Å². The van der Waals surface area contributed by atoms with Crippen LogP contribution in [0, 0.1) is 6.92 Å². The molecule has 0 aliphatic heterocycles. The van der Waals surface area contributed by atoms with Gasteiger partial charge in [-0.2, -0.15) is 0 Å². The monoisotopic (exact) mass is 401 g/mol. The molecule has 0 unspecified atom stereocenters. The van der Waals surface area contributed by atoms with Crippen LogP contribution >= 0.6 is 0 Å². The quantitative estimate of drug-likeness (QED) is 0.252. The van der Waals surface area contributed by atoms with Crippen molar-refractivity contribution in [1.29, 1.82) is 0 Å². The van der Waals surface area contributed by atoms with Gasteiger partial charge in [-0.1, -0.05) is 36.8 Å². The zero-order valence-corrected chi connectivity index (χ0v) is 17.9. The summed E-state index contributed by atoms with van der Waals surface area (Å²) < 4.78 is 17.2. The van der Waals surface area contributed by atoms with Crippen molar-refractivity contribution in [2.75, 3.05) is 7.11 Å². The third-order valence-corrected chi connectivity index (χ3v) is 4.55. The van der Waals surface area contributed by atoms with Crippen LogP contribution in [-0.4, -0.2) is 13.0 Å². The summed E-state index contributed by atoms with van der Waals surface area (Å²) in [7, 11) is 1.64. The number of nitrogens with zero attached hydrogens (tertiary/aromatic N) is 1. The summed E-state index contributed by atoms with van der Waals surface area (Å²) >= 11 is 0. The SMILES string of the molecule is CCc1cccc(OC(=Nc2ccc(OC)cc2)/C(C)=C/Oc2ccc(C)cc2)c1. The van der Waals surface area contributed by atoms with Crippen molar-refractivity contribution in [2.24, 2.45) is 4.99 Å². The lowest BCUT2D eigenvalue weighted by molar-refractivity contribution is 0.415. The van der Waals surface area contributed by atoms with Gasteiger partial charge in [-0.25, -0.2) is 4.99 Å². The second-order valence-electron chi connectivity index (χ2n) is 6.95. The highest BCUT2D eigenvalue weighted by Gasteiger charge is 2.09. The van der Waals surface area contributed by atoms with Crippen LogP contribution in [0.4, 0.5) is 5.69 Å². The summed E-state index contributed by atoms with van der Waals surface area (Å²) in [5, 5.41) is 0. The maximum absolute atomic E-state index is 6.16. The molecule has 3 aromatic carbocycles. The molecule has 0 N–H and O–H groups in total. The Labute approximate surface area is 178 Å². The first-order valence-corrected chi connectivity index (χ1v) is 9.97. The number of aliphatic imine (C=N–C) groups is 1. The average Bonchev–Trinajstić information content (AvgIpc) is 2.78. The smallest absolute Gasteiger partial charge is 0.225 e. The van der Waals surface area contributed by atoms with E-state index in [0.29, 0.717) is 5.90 Å². The van der Waals surface area contributed by atoms with Crippen molar-refractivity contribution < 1.29 is 14.2 Å². The Balaban J connectivity index is 1.89. The van der Waals surface area contributed by atoms with Crippen LogP contribution in [0.2, 0.25) is 0 Å². The summed E-state index contributed by atoms with van der Waals surface area (Å²) in [5.41, 5.74) is 3.92. The minimum atomic E-state index is 0.473. The zero-order valence-electron chi connectivity index (χ0n) is 17.9. The fraction of sp³-hybridized carbons (Fsp3) is 0.192. The molecule has 0 atom stereocenters. The van der Waals surface area contributed by atoms with Gasteiger partial charge in [0.1, 0.15) is 17.2 Å². The van der Waals surface area contributed by atoms with Gasteiger partial charge in [0, 0.05) is 5.57 Å². The zero-order chi connectivity index (χ0) is 21.3. The molecule has 3 rings (SSSR count). The average molecular weight is 402 g/mol. The second-order valence-corrected chi connectivity index (χ2v) is 6.95. The lowest BCUT2D eigenvalue weighted by Gasteiger charge is -2.11. The molecule has 0 spiro atoms.